The van der Waals surface area contributed by atoms with Gasteiger partial charge in [-0.1, -0.05) is 0 Å². The van der Waals surface area contributed by atoms with Gasteiger partial charge in [-0.25, -0.2) is 13.2 Å². The van der Waals surface area contributed by atoms with Gasteiger partial charge in [-0.05, 0) is 19.8 Å². The van der Waals surface area contributed by atoms with Crippen molar-refractivity contribution >= 4 is 11.6 Å². The molecule has 0 aromatic heterocycles. The van der Waals surface area contributed by atoms with Gasteiger partial charge in [-0.2, -0.15) is 0 Å². The zero-order valence-corrected chi connectivity index (χ0v) is 9.97. The number of amides is 1. The number of nitrogens with two attached hydrogens (primary N) is 1. The summed E-state index contributed by atoms with van der Waals surface area (Å²) < 4.78 is 38.9. The Morgan fingerprint density at radius 2 is 2.06 bits per heavy atom. The number of carbonyl (C=O) groups excluding carboxylic acids is 1. The predicted octanol–water partition coefficient (Wildman–Crippen LogP) is 2.56. The lowest BCUT2D eigenvalue weighted by molar-refractivity contribution is -0.116. The molecular formula is C12H15F3N2O. The monoisotopic (exact) mass is 260 g/mol. The highest BCUT2D eigenvalue weighted by Crippen LogP contribution is 2.19. The van der Waals surface area contributed by atoms with Crippen molar-refractivity contribution in [3.63, 3.8) is 0 Å². The minimum absolute atomic E-state index is 0.0267. The number of carbonyl (C=O) groups is 1. The van der Waals surface area contributed by atoms with Gasteiger partial charge in [0.1, 0.15) is 5.82 Å². The van der Waals surface area contributed by atoms with Crippen LogP contribution >= 0.6 is 0 Å². The van der Waals surface area contributed by atoms with Crippen LogP contribution in [-0.2, 0) is 4.79 Å². The maximum Gasteiger partial charge on any atom is 0.224 e. The standard InChI is InChI=1S/C12H15F3N2O/c1-7(16)3-2-4-11(18)17-10-6-8(13)5-9(14)12(10)15/h5-7H,2-4,16H2,1H3,(H,17,18). The maximum absolute atomic E-state index is 13.2. The van der Waals surface area contributed by atoms with Gasteiger partial charge >= 0.3 is 0 Å². The fourth-order valence-electron chi connectivity index (χ4n) is 1.44. The van der Waals surface area contributed by atoms with Gasteiger partial charge in [-0.3, -0.25) is 4.79 Å². The number of halogens is 3. The molecule has 0 aliphatic carbocycles. The molecule has 6 heteroatoms. The summed E-state index contributed by atoms with van der Waals surface area (Å²) in [7, 11) is 0. The molecule has 0 saturated carbocycles. The summed E-state index contributed by atoms with van der Waals surface area (Å²) in [5.41, 5.74) is 5.02. The zero-order valence-electron chi connectivity index (χ0n) is 9.97. The predicted molar refractivity (Wildman–Crippen MR) is 62.4 cm³/mol. The normalized spacial score (nSPS) is 12.3. The van der Waals surface area contributed by atoms with Crippen LogP contribution in [0.4, 0.5) is 18.9 Å². The third-order valence-corrected chi connectivity index (χ3v) is 2.33. The van der Waals surface area contributed by atoms with Gasteiger partial charge < -0.3 is 11.1 Å². The van der Waals surface area contributed by atoms with E-state index in [-0.39, 0.29) is 12.5 Å². The van der Waals surface area contributed by atoms with Crippen molar-refractivity contribution in [3.8, 4) is 0 Å². The highest BCUT2D eigenvalue weighted by atomic mass is 19.2. The molecule has 0 spiro atoms. The van der Waals surface area contributed by atoms with Crippen LogP contribution in [0.1, 0.15) is 26.2 Å². The summed E-state index contributed by atoms with van der Waals surface area (Å²) in [6, 6.07) is 1.13. The second-order valence-electron chi connectivity index (χ2n) is 4.17. The molecular weight excluding hydrogens is 245 g/mol. The van der Waals surface area contributed by atoms with Gasteiger partial charge in [0.05, 0.1) is 5.69 Å². The number of nitrogens with one attached hydrogen (secondary N) is 1. The third-order valence-electron chi connectivity index (χ3n) is 2.33. The molecule has 3 N–H and O–H groups in total. The van der Waals surface area contributed by atoms with Crippen molar-refractivity contribution in [2.75, 3.05) is 5.32 Å². The summed E-state index contributed by atoms with van der Waals surface area (Å²) in [5, 5.41) is 2.13. The molecule has 1 unspecified atom stereocenters. The SMILES string of the molecule is CC(N)CCCC(=O)Nc1cc(F)cc(F)c1F. The fourth-order valence-corrected chi connectivity index (χ4v) is 1.44. The van der Waals surface area contributed by atoms with Crippen molar-refractivity contribution in [2.24, 2.45) is 5.73 Å². The molecule has 18 heavy (non-hydrogen) atoms. The lowest BCUT2D eigenvalue weighted by Gasteiger charge is -2.08. The van der Waals surface area contributed by atoms with Crippen LogP contribution in [0.25, 0.3) is 0 Å². The molecule has 3 nitrogen and oxygen atoms in total. The second kappa shape index (κ2) is 6.39. The second-order valence-corrected chi connectivity index (χ2v) is 4.17. The van der Waals surface area contributed by atoms with E-state index in [0.717, 1.165) is 6.07 Å². The third kappa shape index (κ3) is 4.37. The Bertz CT molecular complexity index is 436. The van der Waals surface area contributed by atoms with Crippen molar-refractivity contribution < 1.29 is 18.0 Å². The molecule has 0 aliphatic heterocycles. The number of benzene rings is 1. The van der Waals surface area contributed by atoms with Crippen LogP contribution in [0.3, 0.4) is 0 Å². The summed E-state index contributed by atoms with van der Waals surface area (Å²) >= 11 is 0. The van der Waals surface area contributed by atoms with Crippen LogP contribution < -0.4 is 11.1 Å². The lowest BCUT2D eigenvalue weighted by atomic mass is 10.1. The van der Waals surface area contributed by atoms with E-state index in [2.05, 4.69) is 5.32 Å². The van der Waals surface area contributed by atoms with Gasteiger partial charge in [0.25, 0.3) is 0 Å². The summed E-state index contributed by atoms with van der Waals surface area (Å²) in [6.45, 7) is 1.81. The first-order valence-electron chi connectivity index (χ1n) is 5.60. The highest BCUT2D eigenvalue weighted by molar-refractivity contribution is 5.90. The van der Waals surface area contributed by atoms with E-state index in [1.807, 2.05) is 0 Å². The number of hydrogen-bond acceptors (Lipinski definition) is 2. The van der Waals surface area contributed by atoms with Crippen LogP contribution in [0.5, 0.6) is 0 Å². The summed E-state index contributed by atoms with van der Waals surface area (Å²) in [5.74, 6) is -4.04. The van der Waals surface area contributed by atoms with Crippen molar-refractivity contribution in [2.45, 2.75) is 32.2 Å². The van der Waals surface area contributed by atoms with E-state index < -0.39 is 29.0 Å². The zero-order chi connectivity index (χ0) is 13.7. The Morgan fingerprint density at radius 1 is 1.39 bits per heavy atom. The minimum atomic E-state index is -1.33. The lowest BCUT2D eigenvalue weighted by Crippen LogP contribution is -2.17. The van der Waals surface area contributed by atoms with Crippen molar-refractivity contribution in [1.82, 2.24) is 0 Å². The molecule has 0 bridgehead atoms. The van der Waals surface area contributed by atoms with E-state index in [0.29, 0.717) is 18.9 Å². The Morgan fingerprint density at radius 3 is 2.67 bits per heavy atom. The van der Waals surface area contributed by atoms with E-state index >= 15 is 0 Å². The Hall–Kier alpha value is -1.56. The first-order chi connectivity index (χ1) is 8.40. The van der Waals surface area contributed by atoms with Gasteiger partial charge in [0.15, 0.2) is 11.6 Å². The average molecular weight is 260 g/mol. The smallest absolute Gasteiger partial charge is 0.224 e. The highest BCUT2D eigenvalue weighted by Gasteiger charge is 2.13. The molecule has 0 heterocycles. The summed E-state index contributed by atoms with van der Waals surface area (Å²) in [4.78, 5) is 11.4. The molecule has 0 aliphatic rings. The topological polar surface area (TPSA) is 55.1 Å². The van der Waals surface area contributed by atoms with E-state index in [4.69, 9.17) is 5.73 Å². The fraction of sp³-hybridized carbons (Fsp3) is 0.417. The molecule has 0 saturated heterocycles. The molecule has 1 atom stereocenters. The molecule has 1 aromatic rings. The van der Waals surface area contributed by atoms with Crippen LogP contribution in [-0.4, -0.2) is 11.9 Å². The number of hydrogen-bond donors (Lipinski definition) is 2. The average Bonchev–Trinajstić information content (AvgIpc) is 2.24. The van der Waals surface area contributed by atoms with E-state index in [1.165, 1.54) is 0 Å². The Labute approximate surface area is 103 Å². The molecule has 1 rings (SSSR count). The van der Waals surface area contributed by atoms with Gasteiger partial charge in [0.2, 0.25) is 5.91 Å². The van der Waals surface area contributed by atoms with Crippen molar-refractivity contribution in [3.05, 3.63) is 29.6 Å². The van der Waals surface area contributed by atoms with Crippen LogP contribution in [0.15, 0.2) is 12.1 Å². The first-order valence-corrected chi connectivity index (χ1v) is 5.60. The maximum atomic E-state index is 13.2. The van der Waals surface area contributed by atoms with E-state index in [9.17, 15) is 18.0 Å². The largest absolute Gasteiger partial charge is 0.328 e. The van der Waals surface area contributed by atoms with E-state index in [1.54, 1.807) is 6.92 Å². The molecule has 1 aromatic carbocycles. The van der Waals surface area contributed by atoms with Gasteiger partial charge in [0, 0.05) is 24.6 Å². The summed E-state index contributed by atoms with van der Waals surface area (Å²) in [6.07, 6.45) is 1.30. The molecule has 0 fully saturated rings. The Balaban J connectivity index is 2.59. The first kappa shape index (κ1) is 14.5. The Kier molecular flexibility index (Phi) is 5.15. The molecule has 0 radical (unpaired) electrons. The van der Waals surface area contributed by atoms with Crippen LogP contribution in [0.2, 0.25) is 0 Å². The van der Waals surface area contributed by atoms with Gasteiger partial charge in [-0.15, -0.1) is 0 Å². The van der Waals surface area contributed by atoms with Crippen LogP contribution in [0, 0.1) is 17.5 Å². The number of anilines is 1. The number of rotatable bonds is 5. The minimum Gasteiger partial charge on any atom is -0.328 e. The van der Waals surface area contributed by atoms with Crippen molar-refractivity contribution in [1.29, 1.82) is 0 Å². The quantitative estimate of drug-likeness (QED) is 0.799. The molecule has 1 amide bonds. The molecule has 100 valence electrons.